The van der Waals surface area contributed by atoms with Crippen molar-refractivity contribution in [2.75, 3.05) is 26.0 Å². The molecular formula is C23H24N2O4S. The molecule has 0 spiro atoms. The van der Waals surface area contributed by atoms with Gasteiger partial charge >= 0.3 is 0 Å². The summed E-state index contributed by atoms with van der Waals surface area (Å²) >= 11 is 0. The predicted molar refractivity (Wildman–Crippen MR) is 117 cm³/mol. The zero-order chi connectivity index (χ0) is 21.6. The molecule has 156 valence electrons. The van der Waals surface area contributed by atoms with E-state index in [-0.39, 0.29) is 17.2 Å². The van der Waals surface area contributed by atoms with Gasteiger partial charge in [-0.3, -0.25) is 4.79 Å². The Hall–Kier alpha value is -3.16. The molecule has 0 aliphatic rings. The molecule has 0 atom stereocenters. The number of carbonyl (C=O) groups is 1. The quantitative estimate of drug-likeness (QED) is 0.529. The predicted octanol–water partition coefficient (Wildman–Crippen LogP) is 3.81. The average molecular weight is 425 g/mol. The van der Waals surface area contributed by atoms with Crippen LogP contribution in [0.25, 0.3) is 0 Å². The second-order valence-electron chi connectivity index (χ2n) is 6.78. The molecule has 3 aromatic carbocycles. The largest absolute Gasteiger partial charge is 0.497 e. The number of benzene rings is 3. The molecule has 3 aromatic rings. The molecule has 0 aromatic heterocycles. The van der Waals surface area contributed by atoms with Gasteiger partial charge in [-0.2, -0.15) is 4.31 Å². The lowest BCUT2D eigenvalue weighted by Gasteiger charge is -2.17. The molecule has 7 heteroatoms. The van der Waals surface area contributed by atoms with E-state index in [4.69, 9.17) is 4.74 Å². The molecule has 6 nitrogen and oxygen atoms in total. The van der Waals surface area contributed by atoms with Crippen molar-refractivity contribution in [1.82, 2.24) is 4.31 Å². The Labute approximate surface area is 177 Å². The number of ether oxygens (including phenoxy) is 1. The Morgan fingerprint density at radius 2 is 1.57 bits per heavy atom. The molecule has 0 unspecified atom stereocenters. The van der Waals surface area contributed by atoms with Crippen molar-refractivity contribution in [2.45, 2.75) is 11.4 Å². The Morgan fingerprint density at radius 3 is 2.17 bits per heavy atom. The van der Waals surface area contributed by atoms with Crippen LogP contribution < -0.4 is 10.1 Å². The Morgan fingerprint density at radius 1 is 0.933 bits per heavy atom. The maximum Gasteiger partial charge on any atom is 0.243 e. The number of carbonyl (C=O) groups excluding carboxylic acids is 1. The van der Waals surface area contributed by atoms with Gasteiger partial charge < -0.3 is 10.1 Å². The fourth-order valence-electron chi connectivity index (χ4n) is 2.91. The minimum atomic E-state index is -3.61. The molecule has 0 aliphatic carbocycles. The first-order chi connectivity index (χ1) is 14.4. The number of methoxy groups -OCH3 is 1. The van der Waals surface area contributed by atoms with E-state index in [0.29, 0.717) is 23.5 Å². The van der Waals surface area contributed by atoms with Crippen molar-refractivity contribution in [3.8, 4) is 5.75 Å². The highest BCUT2D eigenvalue weighted by Crippen LogP contribution is 2.19. The monoisotopic (exact) mass is 424 g/mol. The number of ketones is 1. The van der Waals surface area contributed by atoms with E-state index in [2.05, 4.69) is 5.32 Å². The standard InChI is InChI=1S/C23H24N2O4S/c1-25(17-18-6-4-3-5-7-18)30(27,28)22-14-10-20(11-15-22)24-16-23(26)19-8-12-21(29-2)13-9-19/h3-15,24H,16-17H2,1-2H3. The first-order valence-corrected chi connectivity index (χ1v) is 10.9. The van der Waals surface area contributed by atoms with Crippen molar-refractivity contribution in [2.24, 2.45) is 0 Å². The van der Waals surface area contributed by atoms with E-state index in [9.17, 15) is 13.2 Å². The van der Waals surface area contributed by atoms with E-state index in [1.807, 2.05) is 30.3 Å². The van der Waals surface area contributed by atoms with Gasteiger partial charge in [0.25, 0.3) is 0 Å². The van der Waals surface area contributed by atoms with Gasteiger partial charge in [0.15, 0.2) is 5.78 Å². The molecule has 3 rings (SSSR count). The lowest BCUT2D eigenvalue weighted by molar-refractivity contribution is 0.101. The summed E-state index contributed by atoms with van der Waals surface area (Å²) in [5.41, 5.74) is 2.16. The van der Waals surface area contributed by atoms with Crippen molar-refractivity contribution in [1.29, 1.82) is 0 Å². The van der Waals surface area contributed by atoms with Gasteiger partial charge in [0.1, 0.15) is 5.75 Å². The van der Waals surface area contributed by atoms with Crippen LogP contribution in [-0.4, -0.2) is 39.2 Å². The zero-order valence-electron chi connectivity index (χ0n) is 16.9. The van der Waals surface area contributed by atoms with Gasteiger partial charge in [-0.25, -0.2) is 8.42 Å². The van der Waals surface area contributed by atoms with E-state index < -0.39 is 10.0 Å². The van der Waals surface area contributed by atoms with Gasteiger partial charge in [0.05, 0.1) is 18.6 Å². The second kappa shape index (κ2) is 9.56. The van der Waals surface area contributed by atoms with Crippen molar-refractivity contribution in [3.63, 3.8) is 0 Å². The van der Waals surface area contributed by atoms with Crippen LogP contribution in [0.1, 0.15) is 15.9 Å². The highest BCUT2D eigenvalue weighted by Gasteiger charge is 2.20. The van der Waals surface area contributed by atoms with Crippen LogP contribution in [-0.2, 0) is 16.6 Å². The molecule has 0 fully saturated rings. The number of sulfonamides is 1. The van der Waals surface area contributed by atoms with Crippen LogP contribution in [0, 0.1) is 0 Å². The minimum absolute atomic E-state index is 0.0723. The van der Waals surface area contributed by atoms with E-state index >= 15 is 0 Å². The lowest BCUT2D eigenvalue weighted by atomic mass is 10.1. The van der Waals surface area contributed by atoms with Crippen LogP contribution in [0.3, 0.4) is 0 Å². The molecule has 0 saturated carbocycles. The number of Topliss-reactive ketones (excluding diaryl/α,β-unsaturated/α-hetero) is 1. The van der Waals surface area contributed by atoms with Crippen molar-refractivity contribution >= 4 is 21.5 Å². The SMILES string of the molecule is COc1ccc(C(=O)CNc2ccc(S(=O)(=O)N(C)Cc3ccccc3)cc2)cc1. The number of nitrogens with one attached hydrogen (secondary N) is 1. The summed E-state index contributed by atoms with van der Waals surface area (Å²) in [6.45, 7) is 0.395. The van der Waals surface area contributed by atoms with Crippen LogP contribution in [0.5, 0.6) is 5.75 Å². The van der Waals surface area contributed by atoms with Crippen molar-refractivity contribution < 1.29 is 17.9 Å². The summed E-state index contributed by atoms with van der Waals surface area (Å²) < 4.78 is 32.0. The molecule has 30 heavy (non-hydrogen) atoms. The zero-order valence-corrected chi connectivity index (χ0v) is 17.7. The molecule has 1 N–H and O–H groups in total. The van der Waals surface area contributed by atoms with Gasteiger partial charge in [0.2, 0.25) is 10.0 Å². The maximum absolute atomic E-state index is 12.8. The fraction of sp³-hybridized carbons (Fsp3) is 0.174. The summed E-state index contributed by atoms with van der Waals surface area (Å²) in [6, 6.07) is 22.7. The van der Waals surface area contributed by atoms with Crippen LogP contribution in [0.15, 0.2) is 83.8 Å². The number of nitrogens with zero attached hydrogens (tertiary/aromatic N) is 1. The minimum Gasteiger partial charge on any atom is -0.497 e. The summed E-state index contributed by atoms with van der Waals surface area (Å²) in [7, 11) is -0.479. The van der Waals surface area contributed by atoms with Crippen LogP contribution in [0.2, 0.25) is 0 Å². The molecular weight excluding hydrogens is 400 g/mol. The first kappa shape index (κ1) is 21.5. The van der Waals surface area contributed by atoms with Gasteiger partial charge in [-0.05, 0) is 54.1 Å². The highest BCUT2D eigenvalue weighted by molar-refractivity contribution is 7.89. The van der Waals surface area contributed by atoms with E-state index in [1.54, 1.807) is 50.6 Å². The molecule has 0 bridgehead atoms. The van der Waals surface area contributed by atoms with Gasteiger partial charge in [-0.1, -0.05) is 30.3 Å². The summed E-state index contributed by atoms with van der Waals surface area (Å²) in [5.74, 6) is 0.616. The number of anilines is 1. The summed E-state index contributed by atoms with van der Waals surface area (Å²) in [5, 5.41) is 3.03. The smallest absolute Gasteiger partial charge is 0.243 e. The number of hydrogen-bond acceptors (Lipinski definition) is 5. The maximum atomic E-state index is 12.8. The fourth-order valence-corrected chi connectivity index (χ4v) is 4.07. The normalized spacial score (nSPS) is 11.3. The molecule has 0 heterocycles. The topological polar surface area (TPSA) is 75.7 Å². The molecule has 0 amide bonds. The Bertz CT molecular complexity index is 1080. The molecule has 0 saturated heterocycles. The van der Waals surface area contributed by atoms with Crippen LogP contribution >= 0.6 is 0 Å². The highest BCUT2D eigenvalue weighted by atomic mass is 32.2. The van der Waals surface area contributed by atoms with Crippen LogP contribution in [0.4, 0.5) is 5.69 Å². The van der Waals surface area contributed by atoms with Gasteiger partial charge in [-0.15, -0.1) is 0 Å². The number of rotatable bonds is 9. The van der Waals surface area contributed by atoms with Crippen molar-refractivity contribution in [3.05, 3.63) is 90.0 Å². The Kier molecular flexibility index (Phi) is 6.87. The lowest BCUT2D eigenvalue weighted by Crippen LogP contribution is -2.26. The third kappa shape index (κ3) is 5.25. The third-order valence-electron chi connectivity index (χ3n) is 4.68. The van der Waals surface area contributed by atoms with Gasteiger partial charge in [0, 0.05) is 24.8 Å². The second-order valence-corrected chi connectivity index (χ2v) is 8.82. The molecule has 0 aliphatic heterocycles. The summed E-state index contributed by atoms with van der Waals surface area (Å²) in [4.78, 5) is 12.5. The summed E-state index contributed by atoms with van der Waals surface area (Å²) in [6.07, 6.45) is 0. The number of hydrogen-bond donors (Lipinski definition) is 1. The third-order valence-corrected chi connectivity index (χ3v) is 6.49. The Balaban J connectivity index is 1.61. The van der Waals surface area contributed by atoms with E-state index in [1.165, 1.54) is 16.4 Å². The molecule has 0 radical (unpaired) electrons. The first-order valence-electron chi connectivity index (χ1n) is 9.41. The van der Waals surface area contributed by atoms with E-state index in [0.717, 1.165) is 5.56 Å². The average Bonchev–Trinajstić information content (AvgIpc) is 2.78.